The molecule has 0 fully saturated rings. The first kappa shape index (κ1) is 6.44. The Labute approximate surface area is 41.2 Å². The molecule has 0 saturated heterocycles. The molecule has 0 aliphatic carbocycles. The Morgan fingerprint density at radius 1 is 1.29 bits per heavy atom. The fraction of sp³-hybridized carbons (Fsp3) is 0.500. The second kappa shape index (κ2) is 1.94. The lowest BCUT2D eigenvalue weighted by Gasteiger charge is -2.01. The van der Waals surface area contributed by atoms with Crippen LogP contribution in [-0.2, 0) is 0 Å². The molecule has 0 aromatic rings. The summed E-state index contributed by atoms with van der Waals surface area (Å²) in [5.74, 6) is 0.998. The van der Waals surface area contributed by atoms with E-state index in [1.165, 1.54) is 6.92 Å². The average Bonchev–Trinajstić information content (AvgIpc) is 1.30. The molecule has 0 saturated carbocycles. The van der Waals surface area contributed by atoms with E-state index in [0.29, 0.717) is 0 Å². The molecule has 0 atom stereocenters. The van der Waals surface area contributed by atoms with Gasteiger partial charge in [-0.3, -0.25) is 0 Å². The fourth-order valence-electron chi connectivity index (χ4n) is 0.168. The zero-order valence-corrected chi connectivity index (χ0v) is 3.84. The second-order valence-corrected chi connectivity index (χ2v) is 1.01. The first-order valence-electron chi connectivity index (χ1n) is 1.67. The third kappa shape index (κ3) is 5.44. The van der Waals surface area contributed by atoms with E-state index in [0.717, 1.165) is 0 Å². The molecule has 0 aromatic carbocycles. The van der Waals surface area contributed by atoms with Crippen molar-refractivity contribution in [3.8, 4) is 11.8 Å². The van der Waals surface area contributed by atoms with E-state index in [-0.39, 0.29) is 0 Å². The number of hydrogen-bond donors (Lipinski definition) is 3. The predicted molar refractivity (Wildman–Crippen MR) is 22.8 cm³/mol. The molecule has 0 unspecified atom stereocenters. The van der Waals surface area contributed by atoms with Crippen LogP contribution in [0.15, 0.2) is 0 Å². The molecule has 0 aromatic heterocycles. The van der Waals surface area contributed by atoms with E-state index in [9.17, 15) is 0 Å². The van der Waals surface area contributed by atoms with Gasteiger partial charge in [0.1, 0.15) is 0 Å². The first-order chi connectivity index (χ1) is 3.06. The first-order valence-corrected chi connectivity index (χ1v) is 1.67. The van der Waals surface area contributed by atoms with E-state index in [1.54, 1.807) is 5.92 Å². The summed E-state index contributed by atoms with van der Waals surface area (Å²) in [4.78, 5) is 0. The summed E-state index contributed by atoms with van der Waals surface area (Å²) in [7, 11) is 0. The van der Waals surface area contributed by atoms with Gasteiger partial charge >= 0.3 is 5.97 Å². The molecule has 3 heteroatoms. The number of aliphatic hydroxyl groups is 3. The molecular formula is C4H6O3. The minimum Gasteiger partial charge on any atom is -0.333 e. The predicted octanol–water partition coefficient (Wildman–Crippen LogP) is -1.36. The van der Waals surface area contributed by atoms with Gasteiger partial charge < -0.3 is 15.3 Å². The lowest BCUT2D eigenvalue weighted by Crippen LogP contribution is -2.23. The molecule has 0 bridgehead atoms. The zero-order valence-electron chi connectivity index (χ0n) is 3.84. The molecule has 7 heavy (non-hydrogen) atoms. The quantitative estimate of drug-likeness (QED) is 0.261. The normalized spacial score (nSPS) is 9.71. The Morgan fingerprint density at radius 3 is 1.71 bits per heavy atom. The minimum absolute atomic E-state index is 1.39. The Hall–Kier alpha value is -0.560. The molecule has 40 valence electrons. The van der Waals surface area contributed by atoms with Gasteiger partial charge in [0.2, 0.25) is 0 Å². The maximum absolute atomic E-state index is 7.96. The van der Waals surface area contributed by atoms with Crippen molar-refractivity contribution in [3.63, 3.8) is 0 Å². The van der Waals surface area contributed by atoms with Crippen LogP contribution in [0.2, 0.25) is 0 Å². The van der Waals surface area contributed by atoms with Gasteiger partial charge in [0.05, 0.1) is 0 Å². The third-order valence-electron chi connectivity index (χ3n) is 0.293. The van der Waals surface area contributed by atoms with Crippen LogP contribution in [0.5, 0.6) is 0 Å². The Balaban J connectivity index is 3.72. The smallest absolute Gasteiger partial charge is 0.333 e. The van der Waals surface area contributed by atoms with Crippen molar-refractivity contribution in [1.82, 2.24) is 0 Å². The van der Waals surface area contributed by atoms with Gasteiger partial charge in [-0.25, -0.2) is 0 Å². The van der Waals surface area contributed by atoms with Crippen molar-refractivity contribution in [2.45, 2.75) is 12.9 Å². The van der Waals surface area contributed by atoms with Crippen LogP contribution in [0, 0.1) is 11.8 Å². The van der Waals surface area contributed by atoms with Crippen LogP contribution in [0.25, 0.3) is 0 Å². The molecule has 0 aliphatic rings. The van der Waals surface area contributed by atoms with Gasteiger partial charge in [0.15, 0.2) is 0 Å². The highest BCUT2D eigenvalue weighted by Crippen LogP contribution is 1.84. The summed E-state index contributed by atoms with van der Waals surface area (Å²) < 4.78 is 0. The Morgan fingerprint density at radius 2 is 1.71 bits per heavy atom. The summed E-state index contributed by atoms with van der Waals surface area (Å²) in [5.41, 5.74) is 0. The average molecular weight is 102 g/mol. The van der Waals surface area contributed by atoms with Crippen molar-refractivity contribution >= 4 is 0 Å². The molecule has 0 radical (unpaired) electrons. The van der Waals surface area contributed by atoms with Crippen LogP contribution >= 0.6 is 0 Å². The van der Waals surface area contributed by atoms with Crippen LogP contribution in [0.1, 0.15) is 6.92 Å². The third-order valence-corrected chi connectivity index (χ3v) is 0.293. The van der Waals surface area contributed by atoms with Crippen molar-refractivity contribution in [2.75, 3.05) is 0 Å². The minimum atomic E-state index is -2.81. The maximum Gasteiger partial charge on any atom is 0.345 e. The van der Waals surface area contributed by atoms with Gasteiger partial charge in [0.25, 0.3) is 0 Å². The second-order valence-electron chi connectivity index (χ2n) is 1.01. The van der Waals surface area contributed by atoms with Gasteiger partial charge in [0, 0.05) is 0 Å². The summed E-state index contributed by atoms with van der Waals surface area (Å²) in [6.07, 6.45) is 0. The molecule has 0 heterocycles. The summed E-state index contributed by atoms with van der Waals surface area (Å²) in [5, 5.41) is 23.9. The van der Waals surface area contributed by atoms with Crippen LogP contribution in [0.3, 0.4) is 0 Å². The monoisotopic (exact) mass is 102 g/mol. The topological polar surface area (TPSA) is 60.7 Å². The summed E-state index contributed by atoms with van der Waals surface area (Å²) in [6, 6.07) is 0. The van der Waals surface area contributed by atoms with Crippen molar-refractivity contribution < 1.29 is 15.3 Å². The number of rotatable bonds is 0. The van der Waals surface area contributed by atoms with E-state index in [2.05, 4.69) is 5.92 Å². The van der Waals surface area contributed by atoms with Crippen LogP contribution in [-0.4, -0.2) is 21.3 Å². The highest BCUT2D eigenvalue weighted by Gasteiger charge is 2.10. The molecule has 3 N–H and O–H groups in total. The van der Waals surface area contributed by atoms with Crippen molar-refractivity contribution in [1.29, 1.82) is 0 Å². The van der Waals surface area contributed by atoms with E-state index < -0.39 is 5.97 Å². The lowest BCUT2D eigenvalue weighted by atomic mass is 10.5. The Bertz CT molecular complexity index is 100. The van der Waals surface area contributed by atoms with Gasteiger partial charge in [-0.1, -0.05) is 5.92 Å². The van der Waals surface area contributed by atoms with E-state index in [4.69, 9.17) is 15.3 Å². The van der Waals surface area contributed by atoms with Crippen LogP contribution in [0.4, 0.5) is 0 Å². The molecule has 0 amide bonds. The molecule has 0 spiro atoms. The molecule has 3 nitrogen and oxygen atoms in total. The lowest BCUT2D eigenvalue weighted by molar-refractivity contribution is -0.265. The SMILES string of the molecule is CC#CC(O)(O)O. The van der Waals surface area contributed by atoms with Gasteiger partial charge in [-0.2, -0.15) is 0 Å². The summed E-state index contributed by atoms with van der Waals surface area (Å²) in [6.45, 7) is 1.39. The maximum atomic E-state index is 7.96. The van der Waals surface area contributed by atoms with E-state index in [1.807, 2.05) is 0 Å². The largest absolute Gasteiger partial charge is 0.345 e. The summed E-state index contributed by atoms with van der Waals surface area (Å²) >= 11 is 0. The van der Waals surface area contributed by atoms with Crippen molar-refractivity contribution in [2.24, 2.45) is 0 Å². The molecular weight excluding hydrogens is 96.0 g/mol. The van der Waals surface area contributed by atoms with Gasteiger partial charge in [-0.15, -0.1) is 0 Å². The fourth-order valence-corrected chi connectivity index (χ4v) is 0.168. The molecule has 0 aliphatic heterocycles. The Kier molecular flexibility index (Phi) is 1.78. The highest BCUT2D eigenvalue weighted by molar-refractivity contribution is 5.00. The zero-order chi connectivity index (χ0) is 5.91. The number of hydrogen-bond acceptors (Lipinski definition) is 3. The standard InChI is InChI=1S/C4H6O3/c1-2-3-4(5,6)7/h5-7H,1H3. The van der Waals surface area contributed by atoms with Gasteiger partial charge in [-0.05, 0) is 12.8 Å². The highest BCUT2D eigenvalue weighted by atomic mass is 16.7. The van der Waals surface area contributed by atoms with E-state index >= 15 is 0 Å². The molecule has 0 rings (SSSR count). The van der Waals surface area contributed by atoms with Crippen LogP contribution < -0.4 is 0 Å². The van der Waals surface area contributed by atoms with Crippen molar-refractivity contribution in [3.05, 3.63) is 0 Å².